The maximum atomic E-state index is 12.6. The van der Waals surface area contributed by atoms with Crippen LogP contribution in [0.4, 0.5) is 23.7 Å². The van der Waals surface area contributed by atoms with E-state index in [1.165, 1.54) is 17.0 Å². The SMILES string of the molecule is CN(C(=O)Nc1cccc(C(F)(F)F)c1)C1CCNC1. The molecule has 1 aliphatic heterocycles. The molecule has 0 radical (unpaired) electrons. The van der Waals surface area contributed by atoms with Crippen LogP contribution in [0.3, 0.4) is 0 Å². The zero-order chi connectivity index (χ0) is 14.8. The van der Waals surface area contributed by atoms with Gasteiger partial charge in [-0.05, 0) is 31.2 Å². The van der Waals surface area contributed by atoms with Gasteiger partial charge in [0.2, 0.25) is 0 Å². The number of nitrogens with one attached hydrogen (secondary N) is 2. The van der Waals surface area contributed by atoms with Crippen LogP contribution in [0.5, 0.6) is 0 Å². The van der Waals surface area contributed by atoms with Crippen LogP contribution in [-0.2, 0) is 6.18 Å². The second kappa shape index (κ2) is 5.70. The van der Waals surface area contributed by atoms with E-state index in [2.05, 4.69) is 10.6 Å². The lowest BCUT2D eigenvalue weighted by molar-refractivity contribution is -0.137. The lowest BCUT2D eigenvalue weighted by Gasteiger charge is -2.24. The van der Waals surface area contributed by atoms with Crippen LogP contribution in [0, 0.1) is 0 Å². The van der Waals surface area contributed by atoms with Gasteiger partial charge in [-0.25, -0.2) is 4.79 Å². The molecule has 20 heavy (non-hydrogen) atoms. The Labute approximate surface area is 114 Å². The number of benzene rings is 1. The molecule has 1 saturated heterocycles. The van der Waals surface area contributed by atoms with E-state index in [4.69, 9.17) is 0 Å². The van der Waals surface area contributed by atoms with Gasteiger partial charge in [0, 0.05) is 25.3 Å². The quantitative estimate of drug-likeness (QED) is 0.878. The Bertz CT molecular complexity index is 484. The molecular formula is C13H16F3N3O. The summed E-state index contributed by atoms with van der Waals surface area (Å²) in [6, 6.07) is 4.28. The highest BCUT2D eigenvalue weighted by Crippen LogP contribution is 2.30. The van der Waals surface area contributed by atoms with Gasteiger partial charge >= 0.3 is 12.2 Å². The number of alkyl halides is 3. The normalized spacial score (nSPS) is 18.9. The first kappa shape index (κ1) is 14.6. The molecule has 0 aliphatic carbocycles. The molecule has 2 rings (SSSR count). The van der Waals surface area contributed by atoms with Crippen LogP contribution in [0.2, 0.25) is 0 Å². The minimum absolute atomic E-state index is 0.0702. The Morgan fingerprint density at radius 3 is 2.80 bits per heavy atom. The number of carbonyl (C=O) groups is 1. The average Bonchev–Trinajstić information content (AvgIpc) is 2.91. The summed E-state index contributed by atoms with van der Waals surface area (Å²) in [5.41, 5.74) is -0.636. The summed E-state index contributed by atoms with van der Waals surface area (Å²) in [4.78, 5) is 13.5. The first-order valence-electron chi connectivity index (χ1n) is 6.30. The number of likely N-dealkylation sites (N-methyl/N-ethyl adjacent to an activating group) is 1. The van der Waals surface area contributed by atoms with E-state index >= 15 is 0 Å². The molecule has 0 aromatic heterocycles. The second-order valence-corrected chi connectivity index (χ2v) is 4.77. The van der Waals surface area contributed by atoms with Crippen molar-refractivity contribution in [3.8, 4) is 0 Å². The minimum Gasteiger partial charge on any atom is -0.323 e. The van der Waals surface area contributed by atoms with Gasteiger partial charge in [-0.1, -0.05) is 6.07 Å². The Kier molecular flexibility index (Phi) is 4.17. The second-order valence-electron chi connectivity index (χ2n) is 4.77. The summed E-state index contributed by atoms with van der Waals surface area (Å²) in [5.74, 6) is 0. The summed E-state index contributed by atoms with van der Waals surface area (Å²) >= 11 is 0. The maximum Gasteiger partial charge on any atom is 0.416 e. The van der Waals surface area contributed by atoms with Gasteiger partial charge in [-0.3, -0.25) is 0 Å². The van der Waals surface area contributed by atoms with Gasteiger partial charge in [0.05, 0.1) is 5.56 Å². The predicted molar refractivity (Wildman–Crippen MR) is 69.5 cm³/mol. The third kappa shape index (κ3) is 3.41. The number of hydrogen-bond donors (Lipinski definition) is 2. The van der Waals surface area contributed by atoms with Crippen LogP contribution in [0.1, 0.15) is 12.0 Å². The molecule has 110 valence electrons. The molecule has 1 aromatic carbocycles. The van der Waals surface area contributed by atoms with Gasteiger partial charge in [0.15, 0.2) is 0 Å². The summed E-state index contributed by atoms with van der Waals surface area (Å²) in [6.07, 6.45) is -3.57. The zero-order valence-electron chi connectivity index (χ0n) is 11.0. The van der Waals surface area contributed by atoms with Crippen LogP contribution in [-0.4, -0.2) is 37.1 Å². The van der Waals surface area contributed by atoms with E-state index in [0.717, 1.165) is 25.1 Å². The Hall–Kier alpha value is -1.76. The van der Waals surface area contributed by atoms with Crippen molar-refractivity contribution in [3.05, 3.63) is 29.8 Å². The summed E-state index contributed by atoms with van der Waals surface area (Å²) in [7, 11) is 1.64. The van der Waals surface area contributed by atoms with Crippen molar-refractivity contribution in [1.82, 2.24) is 10.2 Å². The molecule has 0 saturated carbocycles. The van der Waals surface area contributed by atoms with Crippen LogP contribution < -0.4 is 10.6 Å². The van der Waals surface area contributed by atoms with E-state index in [1.54, 1.807) is 7.05 Å². The summed E-state index contributed by atoms with van der Waals surface area (Å²) in [5, 5.41) is 5.62. The van der Waals surface area contributed by atoms with Crippen molar-refractivity contribution in [1.29, 1.82) is 0 Å². The number of hydrogen-bond acceptors (Lipinski definition) is 2. The van der Waals surface area contributed by atoms with E-state index in [1.807, 2.05) is 0 Å². The third-order valence-electron chi connectivity index (χ3n) is 3.34. The molecule has 1 heterocycles. The first-order chi connectivity index (χ1) is 9.38. The molecule has 1 aliphatic rings. The van der Waals surface area contributed by atoms with Crippen molar-refractivity contribution in [2.75, 3.05) is 25.5 Å². The molecule has 1 unspecified atom stereocenters. The number of anilines is 1. The highest BCUT2D eigenvalue weighted by molar-refractivity contribution is 5.89. The van der Waals surface area contributed by atoms with Crippen LogP contribution >= 0.6 is 0 Å². The third-order valence-corrected chi connectivity index (χ3v) is 3.34. The van der Waals surface area contributed by atoms with Crippen LogP contribution in [0.25, 0.3) is 0 Å². The number of amides is 2. The van der Waals surface area contributed by atoms with Crippen molar-refractivity contribution >= 4 is 11.7 Å². The Morgan fingerprint density at radius 1 is 1.45 bits per heavy atom. The van der Waals surface area contributed by atoms with E-state index in [-0.39, 0.29) is 11.7 Å². The van der Waals surface area contributed by atoms with Gasteiger partial charge in [0.25, 0.3) is 0 Å². The van der Waals surface area contributed by atoms with E-state index in [0.29, 0.717) is 6.54 Å². The van der Waals surface area contributed by atoms with Gasteiger partial charge in [-0.15, -0.1) is 0 Å². The topological polar surface area (TPSA) is 44.4 Å². The molecule has 0 bridgehead atoms. The lowest BCUT2D eigenvalue weighted by atomic mass is 10.2. The fraction of sp³-hybridized carbons (Fsp3) is 0.462. The summed E-state index contributed by atoms with van der Waals surface area (Å²) in [6.45, 7) is 1.54. The molecule has 4 nitrogen and oxygen atoms in total. The molecule has 2 amide bonds. The van der Waals surface area contributed by atoms with Crippen molar-refractivity contribution < 1.29 is 18.0 Å². The largest absolute Gasteiger partial charge is 0.416 e. The molecular weight excluding hydrogens is 271 g/mol. The fourth-order valence-corrected chi connectivity index (χ4v) is 2.12. The number of carbonyl (C=O) groups excluding carboxylic acids is 1. The average molecular weight is 287 g/mol. The number of urea groups is 1. The molecule has 7 heteroatoms. The van der Waals surface area contributed by atoms with Gasteiger partial charge in [-0.2, -0.15) is 13.2 Å². The standard InChI is InChI=1S/C13H16F3N3O/c1-19(11-5-6-17-8-11)12(20)18-10-4-2-3-9(7-10)13(14,15)16/h2-4,7,11,17H,5-6,8H2,1H3,(H,18,20). The monoisotopic (exact) mass is 287 g/mol. The zero-order valence-corrected chi connectivity index (χ0v) is 11.0. The lowest BCUT2D eigenvalue weighted by Crippen LogP contribution is -2.41. The van der Waals surface area contributed by atoms with Crippen LogP contribution in [0.15, 0.2) is 24.3 Å². The Morgan fingerprint density at radius 2 is 2.20 bits per heavy atom. The van der Waals surface area contributed by atoms with E-state index < -0.39 is 17.8 Å². The Balaban J connectivity index is 2.04. The maximum absolute atomic E-state index is 12.6. The highest BCUT2D eigenvalue weighted by Gasteiger charge is 2.30. The molecule has 1 fully saturated rings. The summed E-state index contributed by atoms with van der Waals surface area (Å²) < 4.78 is 37.7. The van der Waals surface area contributed by atoms with Crippen molar-refractivity contribution in [2.45, 2.75) is 18.6 Å². The number of rotatable bonds is 2. The van der Waals surface area contributed by atoms with Gasteiger partial charge in [0.1, 0.15) is 0 Å². The van der Waals surface area contributed by atoms with Crippen molar-refractivity contribution in [3.63, 3.8) is 0 Å². The minimum atomic E-state index is -4.41. The van der Waals surface area contributed by atoms with Gasteiger partial charge < -0.3 is 15.5 Å². The number of nitrogens with zero attached hydrogens (tertiary/aromatic N) is 1. The molecule has 0 spiro atoms. The first-order valence-corrected chi connectivity index (χ1v) is 6.30. The van der Waals surface area contributed by atoms with Crippen molar-refractivity contribution in [2.24, 2.45) is 0 Å². The smallest absolute Gasteiger partial charge is 0.323 e. The fourth-order valence-electron chi connectivity index (χ4n) is 2.12. The predicted octanol–water partition coefficient (Wildman–Crippen LogP) is 2.53. The molecule has 1 aromatic rings. The highest BCUT2D eigenvalue weighted by atomic mass is 19.4. The van der Waals surface area contributed by atoms with E-state index in [9.17, 15) is 18.0 Å². The molecule has 1 atom stereocenters. The molecule has 2 N–H and O–H groups in total. The number of halogens is 3.